The highest BCUT2D eigenvalue weighted by molar-refractivity contribution is 9.09. The molecule has 0 spiro atoms. The molecule has 0 N–H and O–H groups in total. The van der Waals surface area contributed by atoms with Gasteiger partial charge >= 0.3 is 0 Å². The van der Waals surface area contributed by atoms with Gasteiger partial charge in [0.15, 0.2) is 0 Å². The van der Waals surface area contributed by atoms with Crippen molar-refractivity contribution in [3.63, 3.8) is 0 Å². The van der Waals surface area contributed by atoms with Crippen molar-refractivity contribution in [2.75, 3.05) is 5.33 Å². The molecule has 13 heavy (non-hydrogen) atoms. The lowest BCUT2D eigenvalue weighted by molar-refractivity contribution is 0.578. The third kappa shape index (κ3) is 2.92. The number of allylic oxidation sites excluding steroid dienone is 1. The summed E-state index contributed by atoms with van der Waals surface area (Å²) in [6.45, 7) is 0. The number of halogens is 3. The van der Waals surface area contributed by atoms with Gasteiger partial charge in [0.05, 0.1) is 0 Å². The second-order valence-corrected chi connectivity index (χ2v) is 3.31. The van der Waals surface area contributed by atoms with E-state index in [0.29, 0.717) is 0 Å². The van der Waals surface area contributed by atoms with Crippen molar-refractivity contribution in [3.8, 4) is 0 Å². The van der Waals surface area contributed by atoms with Gasteiger partial charge in [-0.05, 0) is 18.6 Å². The molecule has 70 valence electrons. The average molecular weight is 247 g/mol. The fourth-order valence-corrected chi connectivity index (χ4v) is 1.20. The van der Waals surface area contributed by atoms with E-state index in [4.69, 9.17) is 0 Å². The zero-order chi connectivity index (χ0) is 9.68. The smallest absolute Gasteiger partial charge is 0.133 e. The number of benzene rings is 1. The van der Waals surface area contributed by atoms with Crippen molar-refractivity contribution >= 4 is 22.0 Å². The minimum absolute atomic E-state index is 0.0310. The van der Waals surface area contributed by atoms with Crippen LogP contribution in [-0.2, 0) is 0 Å². The third-order valence-electron chi connectivity index (χ3n) is 1.56. The molecule has 0 aromatic heterocycles. The summed E-state index contributed by atoms with van der Waals surface area (Å²) in [5, 5.41) is 0.791. The molecule has 0 nitrogen and oxygen atoms in total. The molecule has 0 unspecified atom stereocenters. The van der Waals surface area contributed by atoms with Gasteiger partial charge in [-0.3, -0.25) is 0 Å². The van der Waals surface area contributed by atoms with Gasteiger partial charge in [-0.25, -0.2) is 8.78 Å². The molecule has 0 amide bonds. The average Bonchev–Trinajstić information content (AvgIpc) is 2.10. The molecule has 0 radical (unpaired) electrons. The van der Waals surface area contributed by atoms with Crippen LogP contribution in [0.3, 0.4) is 0 Å². The van der Waals surface area contributed by atoms with Gasteiger partial charge in [-0.15, -0.1) is 0 Å². The lowest BCUT2D eigenvalue weighted by Gasteiger charge is -1.97. The van der Waals surface area contributed by atoms with Crippen molar-refractivity contribution in [1.82, 2.24) is 0 Å². The molecule has 1 aromatic rings. The quantitative estimate of drug-likeness (QED) is 0.713. The van der Waals surface area contributed by atoms with E-state index >= 15 is 0 Å². The molecule has 0 atom stereocenters. The summed E-state index contributed by atoms with van der Waals surface area (Å²) >= 11 is 3.22. The highest BCUT2D eigenvalue weighted by Crippen LogP contribution is 2.13. The summed E-state index contributed by atoms with van der Waals surface area (Å²) in [7, 11) is 0. The Morgan fingerprint density at radius 1 is 1.23 bits per heavy atom. The molecule has 0 aliphatic heterocycles. The summed E-state index contributed by atoms with van der Waals surface area (Å²) in [5.74, 6) is -1.04. The van der Waals surface area contributed by atoms with E-state index in [0.717, 1.165) is 11.8 Å². The highest BCUT2D eigenvalue weighted by atomic mass is 79.9. The molecule has 0 aliphatic rings. The van der Waals surface area contributed by atoms with Crippen LogP contribution in [0.2, 0.25) is 0 Å². The monoisotopic (exact) mass is 246 g/mol. The normalized spacial score (nSPS) is 11.0. The van der Waals surface area contributed by atoms with Crippen LogP contribution in [0.5, 0.6) is 0 Å². The van der Waals surface area contributed by atoms with Crippen LogP contribution >= 0.6 is 15.9 Å². The SMILES string of the molecule is Fc1cccc(F)c1/C=C/CCBr. The Labute approximate surface area is 84.4 Å². The summed E-state index contributed by atoms with van der Waals surface area (Å²) < 4.78 is 25.9. The van der Waals surface area contributed by atoms with Crippen LogP contribution in [0.25, 0.3) is 6.08 Å². The summed E-state index contributed by atoms with van der Waals surface area (Å²) in [5.41, 5.74) is 0.0310. The Bertz CT molecular complexity index is 288. The maximum atomic E-state index is 13.0. The highest BCUT2D eigenvalue weighted by Gasteiger charge is 2.03. The lowest BCUT2D eigenvalue weighted by Crippen LogP contribution is -1.86. The van der Waals surface area contributed by atoms with Crippen LogP contribution in [0.15, 0.2) is 24.3 Å². The first-order valence-electron chi connectivity index (χ1n) is 3.92. The van der Waals surface area contributed by atoms with Gasteiger partial charge in [-0.2, -0.15) is 0 Å². The zero-order valence-corrected chi connectivity index (χ0v) is 8.52. The van der Waals surface area contributed by atoms with Crippen LogP contribution in [-0.4, -0.2) is 5.33 Å². The first kappa shape index (κ1) is 10.4. The maximum absolute atomic E-state index is 13.0. The van der Waals surface area contributed by atoms with Crippen molar-refractivity contribution in [3.05, 3.63) is 41.5 Å². The third-order valence-corrected chi connectivity index (χ3v) is 2.02. The van der Waals surface area contributed by atoms with E-state index < -0.39 is 11.6 Å². The molecule has 0 saturated heterocycles. The van der Waals surface area contributed by atoms with Gasteiger partial charge in [0.1, 0.15) is 11.6 Å². The van der Waals surface area contributed by atoms with Crippen molar-refractivity contribution in [2.24, 2.45) is 0 Å². The Morgan fingerprint density at radius 3 is 2.38 bits per heavy atom. The van der Waals surface area contributed by atoms with E-state index in [1.807, 2.05) is 0 Å². The molecule has 0 aliphatic carbocycles. The van der Waals surface area contributed by atoms with Gasteiger partial charge in [-0.1, -0.05) is 34.1 Å². The minimum atomic E-state index is -0.522. The molecular weight excluding hydrogens is 238 g/mol. The van der Waals surface area contributed by atoms with Gasteiger partial charge < -0.3 is 0 Å². The molecule has 0 bridgehead atoms. The van der Waals surface area contributed by atoms with E-state index in [1.165, 1.54) is 24.3 Å². The van der Waals surface area contributed by atoms with Crippen LogP contribution in [0.1, 0.15) is 12.0 Å². The Kier molecular flexibility index (Phi) is 4.09. The standard InChI is InChI=1S/C10H9BrF2/c11-7-2-1-4-8-9(12)5-3-6-10(8)13/h1,3-6H,2,7H2/b4-1+. The second kappa shape index (κ2) is 5.12. The van der Waals surface area contributed by atoms with E-state index in [-0.39, 0.29) is 5.56 Å². The summed E-state index contributed by atoms with van der Waals surface area (Å²) in [4.78, 5) is 0. The fourth-order valence-electron chi connectivity index (χ4n) is 0.934. The molecule has 0 fully saturated rings. The van der Waals surface area contributed by atoms with E-state index in [2.05, 4.69) is 15.9 Å². The summed E-state index contributed by atoms with van der Waals surface area (Å²) in [6, 6.07) is 3.85. The molecular formula is C10H9BrF2. The van der Waals surface area contributed by atoms with Gasteiger partial charge in [0.2, 0.25) is 0 Å². The Balaban J connectivity index is 2.87. The van der Waals surface area contributed by atoms with E-state index in [9.17, 15) is 8.78 Å². The fraction of sp³-hybridized carbons (Fsp3) is 0.200. The molecule has 1 aromatic carbocycles. The zero-order valence-electron chi connectivity index (χ0n) is 6.93. The minimum Gasteiger partial charge on any atom is -0.206 e. The predicted octanol–water partition coefficient (Wildman–Crippen LogP) is 3.76. The van der Waals surface area contributed by atoms with Crippen LogP contribution in [0.4, 0.5) is 8.78 Å². The molecule has 1 rings (SSSR count). The molecule has 0 heterocycles. The van der Waals surface area contributed by atoms with Crippen molar-refractivity contribution in [1.29, 1.82) is 0 Å². The number of hydrogen-bond donors (Lipinski definition) is 0. The molecule has 0 saturated carbocycles. The summed E-state index contributed by atoms with van der Waals surface area (Å²) in [6.07, 6.45) is 3.95. The predicted molar refractivity (Wildman–Crippen MR) is 53.8 cm³/mol. The van der Waals surface area contributed by atoms with Gasteiger partial charge in [0.25, 0.3) is 0 Å². The number of hydrogen-bond acceptors (Lipinski definition) is 0. The van der Waals surface area contributed by atoms with Crippen LogP contribution in [0, 0.1) is 11.6 Å². The largest absolute Gasteiger partial charge is 0.206 e. The second-order valence-electron chi connectivity index (χ2n) is 2.52. The Morgan fingerprint density at radius 2 is 1.85 bits per heavy atom. The first-order chi connectivity index (χ1) is 6.25. The number of rotatable bonds is 3. The maximum Gasteiger partial charge on any atom is 0.133 e. The lowest BCUT2D eigenvalue weighted by atomic mass is 10.2. The van der Waals surface area contributed by atoms with Crippen molar-refractivity contribution < 1.29 is 8.78 Å². The van der Waals surface area contributed by atoms with Crippen molar-refractivity contribution in [2.45, 2.75) is 6.42 Å². The van der Waals surface area contributed by atoms with E-state index in [1.54, 1.807) is 6.08 Å². The first-order valence-corrected chi connectivity index (χ1v) is 5.04. The van der Waals surface area contributed by atoms with Gasteiger partial charge in [0, 0.05) is 10.9 Å². The number of alkyl halides is 1. The molecule has 3 heteroatoms. The van der Waals surface area contributed by atoms with Crippen LogP contribution < -0.4 is 0 Å². The topological polar surface area (TPSA) is 0 Å². The Hall–Kier alpha value is -0.700.